The molecule has 0 bridgehead atoms. The number of hydrogen-bond donors (Lipinski definition) is 3. The predicted octanol–water partition coefficient (Wildman–Crippen LogP) is 3.04. The lowest BCUT2D eigenvalue weighted by Crippen LogP contribution is -2.34. The van der Waals surface area contributed by atoms with Gasteiger partial charge in [-0.2, -0.15) is 0 Å². The van der Waals surface area contributed by atoms with Crippen LogP contribution in [0, 0.1) is 6.92 Å². The Labute approximate surface area is 169 Å². The molecule has 136 valence electrons. The van der Waals surface area contributed by atoms with E-state index >= 15 is 0 Å². The zero-order chi connectivity index (χ0) is 17.1. The van der Waals surface area contributed by atoms with E-state index in [-0.39, 0.29) is 29.9 Å². The predicted molar refractivity (Wildman–Crippen MR) is 113 cm³/mol. The van der Waals surface area contributed by atoms with Crippen LogP contribution in [0.15, 0.2) is 27.7 Å². The summed E-state index contributed by atoms with van der Waals surface area (Å²) in [4.78, 5) is 16.1. The van der Waals surface area contributed by atoms with E-state index < -0.39 is 0 Å². The molecule has 6 nitrogen and oxygen atoms in total. The number of ether oxygens (including phenoxy) is 1. The van der Waals surface area contributed by atoms with Gasteiger partial charge < -0.3 is 21.1 Å². The molecule has 4 N–H and O–H groups in total. The largest absolute Gasteiger partial charge is 0.382 e. The first-order valence-corrected chi connectivity index (χ1v) is 8.49. The van der Waals surface area contributed by atoms with Gasteiger partial charge in [-0.3, -0.25) is 9.79 Å². The van der Waals surface area contributed by atoms with Crippen LogP contribution in [0.4, 0.5) is 5.69 Å². The molecule has 0 aliphatic carbocycles. The van der Waals surface area contributed by atoms with Crippen LogP contribution in [0.25, 0.3) is 0 Å². The Kier molecular flexibility index (Phi) is 12.9. The van der Waals surface area contributed by atoms with Crippen molar-refractivity contribution in [1.29, 1.82) is 0 Å². The summed E-state index contributed by atoms with van der Waals surface area (Å²) in [6.45, 7) is 6.36. The van der Waals surface area contributed by atoms with Crippen LogP contribution in [-0.4, -0.2) is 38.2 Å². The smallest absolute Gasteiger partial charge is 0.226 e. The molecular weight excluding hydrogens is 487 g/mol. The fraction of sp³-hybridized carbons (Fsp3) is 0.500. The Morgan fingerprint density at radius 3 is 2.88 bits per heavy atom. The summed E-state index contributed by atoms with van der Waals surface area (Å²) in [7, 11) is 0. The van der Waals surface area contributed by atoms with Crippen molar-refractivity contribution in [3.05, 3.63) is 28.2 Å². The van der Waals surface area contributed by atoms with Gasteiger partial charge in [0.25, 0.3) is 0 Å². The van der Waals surface area contributed by atoms with Crippen molar-refractivity contribution in [2.24, 2.45) is 10.7 Å². The molecule has 1 amide bonds. The molecule has 0 fully saturated rings. The normalized spacial score (nSPS) is 10.9. The van der Waals surface area contributed by atoms with Crippen LogP contribution in [0.2, 0.25) is 0 Å². The summed E-state index contributed by atoms with van der Waals surface area (Å²) in [5.41, 5.74) is 7.56. The molecule has 0 aliphatic rings. The fourth-order valence-electron chi connectivity index (χ4n) is 1.81. The highest BCUT2D eigenvalue weighted by atomic mass is 127. The highest BCUT2D eigenvalue weighted by Gasteiger charge is 2.05. The van der Waals surface area contributed by atoms with Crippen molar-refractivity contribution in [3.8, 4) is 0 Å². The van der Waals surface area contributed by atoms with Gasteiger partial charge in [-0.15, -0.1) is 24.0 Å². The number of guanidine groups is 1. The van der Waals surface area contributed by atoms with Gasteiger partial charge >= 0.3 is 0 Å². The molecule has 1 aromatic rings. The average molecular weight is 513 g/mol. The summed E-state index contributed by atoms with van der Waals surface area (Å²) in [6, 6.07) is 5.77. The number of nitrogens with two attached hydrogens (primary N) is 1. The quantitative estimate of drug-likeness (QED) is 0.205. The van der Waals surface area contributed by atoms with Gasteiger partial charge in [0.15, 0.2) is 5.96 Å². The Morgan fingerprint density at radius 1 is 1.42 bits per heavy atom. The van der Waals surface area contributed by atoms with E-state index in [2.05, 4.69) is 31.6 Å². The molecule has 1 aromatic carbocycles. The van der Waals surface area contributed by atoms with Crippen LogP contribution >= 0.6 is 39.9 Å². The number of aryl methyl sites for hydroxylation is 1. The first kappa shape index (κ1) is 23.1. The van der Waals surface area contributed by atoms with Crippen LogP contribution in [0.3, 0.4) is 0 Å². The van der Waals surface area contributed by atoms with Crippen LogP contribution in [-0.2, 0) is 9.53 Å². The number of amides is 1. The molecule has 0 radical (unpaired) electrons. The molecule has 0 unspecified atom stereocenters. The lowest BCUT2D eigenvalue weighted by molar-refractivity contribution is -0.116. The molecule has 0 aliphatic heterocycles. The molecule has 0 saturated heterocycles. The second-order valence-corrected chi connectivity index (χ2v) is 5.92. The molecule has 0 atom stereocenters. The van der Waals surface area contributed by atoms with Crippen molar-refractivity contribution >= 4 is 57.5 Å². The van der Waals surface area contributed by atoms with Crippen LogP contribution in [0.5, 0.6) is 0 Å². The number of halogens is 2. The zero-order valence-electron chi connectivity index (χ0n) is 14.1. The zero-order valence-corrected chi connectivity index (χ0v) is 18.0. The number of nitrogens with one attached hydrogen (secondary N) is 2. The lowest BCUT2D eigenvalue weighted by Gasteiger charge is -2.09. The third kappa shape index (κ3) is 10.1. The minimum absolute atomic E-state index is 0. The summed E-state index contributed by atoms with van der Waals surface area (Å²) < 4.78 is 6.15. The molecule has 0 saturated carbocycles. The van der Waals surface area contributed by atoms with Crippen molar-refractivity contribution in [2.45, 2.75) is 26.7 Å². The van der Waals surface area contributed by atoms with E-state index in [1.165, 1.54) is 0 Å². The van der Waals surface area contributed by atoms with Gasteiger partial charge in [0.1, 0.15) is 0 Å². The summed E-state index contributed by atoms with van der Waals surface area (Å²) in [5.74, 6) is 0.288. The van der Waals surface area contributed by atoms with Crippen LogP contribution < -0.4 is 16.4 Å². The lowest BCUT2D eigenvalue weighted by atomic mass is 10.2. The van der Waals surface area contributed by atoms with Gasteiger partial charge in [-0.25, -0.2) is 0 Å². The maximum atomic E-state index is 11.9. The van der Waals surface area contributed by atoms with E-state index in [0.29, 0.717) is 38.7 Å². The van der Waals surface area contributed by atoms with E-state index in [9.17, 15) is 4.79 Å². The van der Waals surface area contributed by atoms with E-state index in [0.717, 1.165) is 22.1 Å². The Hall–Kier alpha value is -0.870. The van der Waals surface area contributed by atoms with Gasteiger partial charge in [0.2, 0.25) is 5.91 Å². The summed E-state index contributed by atoms with van der Waals surface area (Å²) in [5, 5.41) is 5.82. The number of benzene rings is 1. The standard InChI is InChI=1S/C16H25BrN4O2.HI/c1-3-23-10-4-8-19-16(18)20-9-7-15(22)21-14-11-13(17)6-5-12(14)2;/h5-6,11H,3-4,7-10H2,1-2H3,(H,21,22)(H3,18,19,20);1H. The van der Waals surface area contributed by atoms with Gasteiger partial charge in [-0.1, -0.05) is 22.0 Å². The first-order valence-electron chi connectivity index (χ1n) is 7.70. The van der Waals surface area contributed by atoms with Gasteiger partial charge in [-0.05, 0) is 38.0 Å². The first-order chi connectivity index (χ1) is 11.0. The highest BCUT2D eigenvalue weighted by Crippen LogP contribution is 2.20. The van der Waals surface area contributed by atoms with E-state index in [4.69, 9.17) is 10.5 Å². The second-order valence-electron chi connectivity index (χ2n) is 5.00. The van der Waals surface area contributed by atoms with Crippen molar-refractivity contribution in [3.63, 3.8) is 0 Å². The molecule has 1 rings (SSSR count). The minimum Gasteiger partial charge on any atom is -0.382 e. The van der Waals surface area contributed by atoms with E-state index in [1.54, 1.807) is 0 Å². The van der Waals surface area contributed by atoms with E-state index in [1.807, 2.05) is 32.0 Å². The van der Waals surface area contributed by atoms with Gasteiger partial charge in [0, 0.05) is 42.9 Å². The maximum Gasteiger partial charge on any atom is 0.226 e. The molecule has 24 heavy (non-hydrogen) atoms. The van der Waals surface area contributed by atoms with Crippen molar-refractivity contribution < 1.29 is 9.53 Å². The monoisotopic (exact) mass is 512 g/mol. The fourth-order valence-corrected chi connectivity index (χ4v) is 2.17. The number of carbonyl (C=O) groups is 1. The number of rotatable bonds is 9. The molecule has 0 heterocycles. The molecular formula is C16H26BrIN4O2. The highest BCUT2D eigenvalue weighted by molar-refractivity contribution is 14.0. The Balaban J connectivity index is 0.00000529. The maximum absolute atomic E-state index is 11.9. The Morgan fingerprint density at radius 2 is 2.17 bits per heavy atom. The number of hydrogen-bond acceptors (Lipinski definition) is 3. The number of aliphatic imine (C=N–C) groups is 1. The number of nitrogens with zero attached hydrogens (tertiary/aromatic N) is 1. The third-order valence-electron chi connectivity index (χ3n) is 3.06. The summed E-state index contributed by atoms with van der Waals surface area (Å²) in [6.07, 6.45) is 1.15. The second kappa shape index (κ2) is 13.4. The Bertz CT molecular complexity index is 541. The minimum atomic E-state index is -0.0668. The number of carbonyl (C=O) groups excluding carboxylic acids is 1. The number of anilines is 1. The molecule has 0 aromatic heterocycles. The van der Waals surface area contributed by atoms with Crippen molar-refractivity contribution in [1.82, 2.24) is 5.32 Å². The SMILES string of the molecule is CCOCCCN=C(N)NCCC(=O)Nc1cc(Br)ccc1C.I. The van der Waals surface area contributed by atoms with Gasteiger partial charge in [0.05, 0.1) is 0 Å². The van der Waals surface area contributed by atoms with Crippen LogP contribution in [0.1, 0.15) is 25.3 Å². The topological polar surface area (TPSA) is 88.7 Å². The summed E-state index contributed by atoms with van der Waals surface area (Å²) >= 11 is 3.39. The molecule has 0 spiro atoms. The third-order valence-corrected chi connectivity index (χ3v) is 3.56. The van der Waals surface area contributed by atoms with Crippen molar-refractivity contribution in [2.75, 3.05) is 31.6 Å². The molecule has 8 heteroatoms. The average Bonchev–Trinajstić information content (AvgIpc) is 2.50.